The molecule has 1 aromatic carbocycles. The Morgan fingerprint density at radius 3 is 1.58 bits per heavy atom. The van der Waals surface area contributed by atoms with Crippen LogP contribution in [-0.2, 0) is 73.5 Å². The maximum atomic E-state index is 15.1. The summed E-state index contributed by atoms with van der Waals surface area (Å²) in [5.41, 5.74) is 44.6. The first-order valence-electron chi connectivity index (χ1n) is 33.2. The molecule has 32 N–H and O–H groups in total. The van der Waals surface area contributed by atoms with Crippen LogP contribution in [0.15, 0.2) is 39.2 Å². The third-order valence-electron chi connectivity index (χ3n) is 15.8. The van der Waals surface area contributed by atoms with Crippen LogP contribution in [0.25, 0.3) is 0 Å². The first-order valence-corrected chi connectivity index (χ1v) is 38.1. The average Bonchev–Trinajstić information content (AvgIpc) is 1.65. The lowest BCUT2D eigenvalue weighted by atomic mass is 10.0. The predicted octanol–water partition coefficient (Wildman–Crippen LogP) is -9.83. The summed E-state index contributed by atoms with van der Waals surface area (Å²) in [6.45, 7) is -2.68. The number of guanidine groups is 3. The molecule has 3 aliphatic rings. The molecule has 12 atom stereocenters. The van der Waals surface area contributed by atoms with Crippen LogP contribution in [0.4, 0.5) is 4.79 Å². The number of phenolic OH excluding ortho intramolecular Hbond substituents is 1. The molecular weight excluding hydrogens is 1480 g/mol. The predicted molar refractivity (Wildman–Crippen MR) is 390 cm³/mol. The number of carbonyl (C=O) groups excluding carboxylic acids is 13. The number of aliphatic hydroxyl groups is 1. The second kappa shape index (κ2) is 46.1. The zero-order valence-corrected chi connectivity index (χ0v) is 60.7. The number of fused-ring (bicyclic) bond motifs is 9. The van der Waals surface area contributed by atoms with Gasteiger partial charge in [-0.2, -0.15) is 0 Å². The summed E-state index contributed by atoms with van der Waals surface area (Å²) in [4.78, 5) is 225. The number of aromatic hydroxyl groups is 1. The molecule has 0 aromatic heterocycles. The zero-order chi connectivity index (χ0) is 78.6. The Morgan fingerprint density at radius 1 is 0.557 bits per heavy atom. The molecule has 0 saturated carbocycles. The van der Waals surface area contributed by atoms with Crippen LogP contribution in [0.1, 0.15) is 76.2 Å². The molecule has 2 bridgehead atoms. The third-order valence-corrected chi connectivity index (χ3v) is 20.7. The van der Waals surface area contributed by atoms with Gasteiger partial charge in [0.05, 0.1) is 19.6 Å². The Kier molecular flexibility index (Phi) is 38.4. The number of carbonyl (C=O) groups is 15. The van der Waals surface area contributed by atoms with Crippen LogP contribution in [-0.4, -0.2) is 273 Å². The summed E-state index contributed by atoms with van der Waals surface area (Å²) in [5.74, 6) is -19.8. The molecule has 43 nitrogen and oxygen atoms in total. The van der Waals surface area contributed by atoms with Crippen molar-refractivity contribution < 1.29 is 92.3 Å². The number of aliphatic hydroxyl groups excluding tert-OH is 1. The summed E-state index contributed by atoms with van der Waals surface area (Å²) in [7, 11) is 3.06. The van der Waals surface area contributed by atoms with Gasteiger partial charge in [0.15, 0.2) is 17.9 Å². The van der Waals surface area contributed by atoms with Crippen LogP contribution in [0.3, 0.4) is 0 Å². The van der Waals surface area contributed by atoms with Gasteiger partial charge in [-0.1, -0.05) is 55.3 Å². The van der Waals surface area contributed by atoms with Crippen LogP contribution in [0, 0.1) is 0 Å². The molecule has 3 saturated heterocycles. The van der Waals surface area contributed by atoms with Gasteiger partial charge < -0.3 is 135 Å². The van der Waals surface area contributed by atoms with E-state index in [1.54, 1.807) is 0 Å². The summed E-state index contributed by atoms with van der Waals surface area (Å²) < 4.78 is 0. The van der Waals surface area contributed by atoms with Crippen LogP contribution in [0.5, 0.6) is 5.75 Å². The SMILES string of the molecule is NCC(=O)N[C@H]1CSSC[C@@H]2NC(=O)[C@H](CCCN=C(N)N)NC(=O)[C@@H]3CCCN3C(=O)[C@H](CC(=O)O)NC(=O)[C@H](CO)NC(=O)[C@H](CSSC[C@@H](C(=O)N[C@@H](CCCN=C(N)N)C(=O)O)NC(=O)[C@H](CCCN=C(N)N)NC(=O)[C@H](Cc3ccc(O)cc3)NC(=O)[C@H](CCCNC(N)=O)NC2=O)NC1=O. The fourth-order valence-corrected chi connectivity index (χ4v) is 15.1. The van der Waals surface area contributed by atoms with Crippen LogP contribution >= 0.6 is 43.2 Å². The molecule has 3 fully saturated rings. The van der Waals surface area contributed by atoms with E-state index in [0.717, 1.165) is 48.1 Å². The lowest BCUT2D eigenvalue weighted by Crippen LogP contribution is -2.61. The Bertz CT molecular complexity index is 3350. The molecule has 3 heterocycles. The first kappa shape index (κ1) is 88.4. The van der Waals surface area contributed by atoms with Gasteiger partial charge in [-0.05, 0) is 81.9 Å². The first-order chi connectivity index (χ1) is 50.3. The lowest BCUT2D eigenvalue weighted by Gasteiger charge is -2.30. The molecule has 0 unspecified atom stereocenters. The van der Waals surface area contributed by atoms with E-state index in [2.05, 4.69) is 78.8 Å². The molecule has 3 aliphatic heterocycles. The minimum atomic E-state index is -2.04. The lowest BCUT2D eigenvalue weighted by molar-refractivity contribution is -0.146. The average molecular weight is 1570 g/mol. The summed E-state index contributed by atoms with van der Waals surface area (Å²) in [6, 6.07) is -16.5. The maximum Gasteiger partial charge on any atom is 0.326 e. The minimum absolute atomic E-state index is 0.00802. The number of nitrogens with two attached hydrogens (primary N) is 8. The van der Waals surface area contributed by atoms with Gasteiger partial charge in [-0.15, -0.1) is 0 Å². The second-order valence-electron chi connectivity index (χ2n) is 24.0. The van der Waals surface area contributed by atoms with Gasteiger partial charge in [-0.3, -0.25) is 77.3 Å². The van der Waals surface area contributed by atoms with Crippen molar-refractivity contribution in [1.82, 2.24) is 68.7 Å². The smallest absolute Gasteiger partial charge is 0.326 e. The topological polar surface area (TPSA) is 730 Å². The van der Waals surface area contributed by atoms with Gasteiger partial charge in [0.1, 0.15) is 78.3 Å². The van der Waals surface area contributed by atoms with Crippen molar-refractivity contribution in [2.75, 3.05) is 68.9 Å². The van der Waals surface area contributed by atoms with Crippen molar-refractivity contribution in [3.63, 3.8) is 0 Å². The van der Waals surface area contributed by atoms with Crippen molar-refractivity contribution in [2.45, 2.75) is 150 Å². The number of primary amides is 1. The summed E-state index contributed by atoms with van der Waals surface area (Å²) in [5, 5.41) is 70.8. The van der Waals surface area contributed by atoms with Crippen LogP contribution < -0.4 is 110 Å². The van der Waals surface area contributed by atoms with Gasteiger partial charge >= 0.3 is 18.0 Å². The maximum absolute atomic E-state index is 15.1. The van der Waals surface area contributed by atoms with E-state index < -0.39 is 210 Å². The van der Waals surface area contributed by atoms with E-state index in [0.29, 0.717) is 5.56 Å². The number of benzene rings is 1. The Morgan fingerprint density at radius 2 is 1.03 bits per heavy atom. The number of nitrogens with zero attached hydrogens (tertiary/aromatic N) is 4. The van der Waals surface area contributed by atoms with Crippen molar-refractivity contribution in [2.24, 2.45) is 60.8 Å². The van der Waals surface area contributed by atoms with Gasteiger partial charge in [0.25, 0.3) is 0 Å². The second-order valence-corrected chi connectivity index (χ2v) is 29.1. The molecule has 1 aromatic rings. The molecule has 588 valence electrons. The number of aliphatic imine (C=N–C) groups is 3. The number of aliphatic carboxylic acids is 2. The molecule has 47 heteroatoms. The monoisotopic (exact) mass is 1570 g/mol. The molecule has 0 spiro atoms. The van der Waals surface area contributed by atoms with Gasteiger partial charge in [0, 0.05) is 62.2 Å². The zero-order valence-electron chi connectivity index (χ0n) is 57.5. The van der Waals surface area contributed by atoms with Crippen molar-refractivity contribution in [3.05, 3.63) is 29.8 Å². The van der Waals surface area contributed by atoms with E-state index in [1.807, 2.05) is 0 Å². The van der Waals surface area contributed by atoms with Crippen molar-refractivity contribution in [1.29, 1.82) is 0 Å². The molecule has 14 amide bonds. The highest BCUT2D eigenvalue weighted by atomic mass is 33.1. The molecule has 0 aliphatic carbocycles. The Balaban J connectivity index is 2.07. The van der Waals surface area contributed by atoms with Crippen molar-refractivity contribution >= 4 is 150 Å². The number of nitrogens with one attached hydrogen (secondary N) is 12. The normalized spacial score (nSPS) is 24.1. The minimum Gasteiger partial charge on any atom is -0.508 e. The standard InChI is InChI=1S/C59H94N24O19S4/c60-22-42(86)72-37-24-103-104-25-38-50(95)74-30(8-3-18-71-59(67)102)44(89)77-34(20-28-11-13-29(85)14-12-28)47(92)73-31(6-1-15-68-56(61)62)45(90)81-39(51(96)76-33(55(100)101)9-4-17-70-58(65)66)26-105-106-27-40(82-49(37)94)52(97)79-36(23-84)48(93)78-35(21-43(87)88)54(99)83-19-5-10-41(83)53(98)75-32(46(91)80-38)7-2-16-69-57(63)64/h11-14,30-41,84-85H,1-10,15-27,60H2,(H,72,86)(H,73,92)(H,74,95)(H,75,98)(H,76,96)(H,77,89)(H,78,93)(H,79,97)(H,80,91)(H,81,90)(H,82,94)(H,87,88)(H,100,101)(H4,61,62,68)(H4,63,64,69)(H4,65,66,70)(H3,67,71,102)/t30-,31-,32-,33-,34-,35-,36-,37-,38-,39-,40-,41-/m0/s1. The number of carboxylic acids is 2. The third kappa shape index (κ3) is 31.8. The fourth-order valence-electron chi connectivity index (χ4n) is 10.4. The number of carboxylic acid groups (broad SMARTS) is 2. The number of phenols is 1. The number of rotatable bonds is 26. The highest BCUT2D eigenvalue weighted by molar-refractivity contribution is 8.77. The number of urea groups is 1. The number of hydrogen-bond donors (Lipinski definition) is 24. The van der Waals surface area contributed by atoms with E-state index in [1.165, 1.54) is 24.3 Å². The molecule has 106 heavy (non-hydrogen) atoms. The number of amides is 14. The number of hydrogen-bond acceptors (Lipinski definition) is 25. The molecule has 0 radical (unpaired) electrons. The van der Waals surface area contributed by atoms with E-state index in [9.17, 15) is 78.0 Å². The fraction of sp³-hybridized carbons (Fsp3) is 0.593. The highest BCUT2D eigenvalue weighted by Gasteiger charge is 2.42. The van der Waals surface area contributed by atoms with E-state index in [4.69, 9.17) is 45.9 Å². The summed E-state index contributed by atoms with van der Waals surface area (Å²) in [6.07, 6.45) is -2.93. The summed E-state index contributed by atoms with van der Waals surface area (Å²) >= 11 is 0. The Labute approximate surface area is 622 Å². The van der Waals surface area contributed by atoms with Gasteiger partial charge in [-0.25, -0.2) is 9.59 Å². The molecular formula is C59H94N24O19S4. The largest absolute Gasteiger partial charge is 0.508 e. The van der Waals surface area contributed by atoms with Crippen LogP contribution in [0.2, 0.25) is 0 Å². The van der Waals surface area contributed by atoms with Gasteiger partial charge in [0.2, 0.25) is 70.9 Å². The van der Waals surface area contributed by atoms with E-state index >= 15 is 14.4 Å². The Hall–Kier alpha value is -10.00. The van der Waals surface area contributed by atoms with Crippen molar-refractivity contribution in [3.8, 4) is 5.75 Å². The van der Waals surface area contributed by atoms with E-state index in [-0.39, 0.29) is 121 Å². The molecule has 4 rings (SSSR count). The highest BCUT2D eigenvalue weighted by Crippen LogP contribution is 2.27. The quantitative estimate of drug-likeness (QED) is 0.0177.